The Morgan fingerprint density at radius 3 is 2.67 bits per heavy atom. The highest BCUT2D eigenvalue weighted by atomic mass is 32.2. The maximum atomic E-state index is 13.2. The Bertz CT molecular complexity index is 1320. The molecule has 4 rings (SSSR count). The number of para-hydroxylation sites is 1. The fraction of sp³-hybridized carbons (Fsp3) is 0.240. The monoisotopic (exact) mass is 463 g/mol. The first kappa shape index (κ1) is 22.7. The first-order chi connectivity index (χ1) is 16.0. The number of thioether (sulfide) groups is 1. The number of benzene rings is 2. The number of aromatic nitrogens is 2. The van der Waals surface area contributed by atoms with Crippen LogP contribution in [0.25, 0.3) is 33.1 Å². The topological polar surface area (TPSA) is 93.3 Å². The molecule has 2 N–H and O–H groups in total. The molecule has 0 aliphatic heterocycles. The van der Waals surface area contributed by atoms with Crippen LogP contribution >= 0.6 is 11.8 Å². The number of H-pyrrole nitrogens is 1. The molecule has 33 heavy (non-hydrogen) atoms. The Hall–Kier alpha value is -3.52. The minimum Gasteiger partial charge on any atom is -0.497 e. The summed E-state index contributed by atoms with van der Waals surface area (Å²) in [6.07, 6.45) is 2.42. The Balaban J connectivity index is 1.84. The summed E-state index contributed by atoms with van der Waals surface area (Å²) in [5.74, 6) is 0.502. The summed E-state index contributed by atoms with van der Waals surface area (Å²) < 4.78 is 10.3. The average molecular weight is 464 g/mol. The van der Waals surface area contributed by atoms with Gasteiger partial charge < -0.3 is 19.8 Å². The van der Waals surface area contributed by atoms with Crippen LogP contribution in [0.5, 0.6) is 5.75 Å². The van der Waals surface area contributed by atoms with Gasteiger partial charge in [-0.05, 0) is 42.7 Å². The SMILES string of the molecule is COC(=O)C(CCSC)NC(=O)c1cc2c([nH]c3ccccc32)c(-c2cccc(OC)c2)n1. The molecule has 0 fully saturated rings. The van der Waals surface area contributed by atoms with Crippen LogP contribution in [0.15, 0.2) is 54.6 Å². The van der Waals surface area contributed by atoms with Gasteiger partial charge in [-0.3, -0.25) is 4.79 Å². The summed E-state index contributed by atoms with van der Waals surface area (Å²) >= 11 is 1.60. The summed E-state index contributed by atoms with van der Waals surface area (Å²) in [5.41, 5.74) is 3.44. The number of hydrogen-bond acceptors (Lipinski definition) is 6. The first-order valence-electron chi connectivity index (χ1n) is 10.5. The van der Waals surface area contributed by atoms with Gasteiger partial charge in [0.1, 0.15) is 17.5 Å². The average Bonchev–Trinajstić information content (AvgIpc) is 3.24. The van der Waals surface area contributed by atoms with Crippen molar-refractivity contribution >= 4 is 45.4 Å². The summed E-state index contributed by atoms with van der Waals surface area (Å²) in [7, 11) is 2.92. The van der Waals surface area contributed by atoms with E-state index >= 15 is 0 Å². The molecule has 1 amide bonds. The van der Waals surface area contributed by atoms with E-state index in [0.717, 1.165) is 27.4 Å². The summed E-state index contributed by atoms with van der Waals surface area (Å²) in [6.45, 7) is 0. The number of nitrogens with zero attached hydrogens (tertiary/aromatic N) is 1. The molecule has 2 heterocycles. The number of methoxy groups -OCH3 is 2. The van der Waals surface area contributed by atoms with Crippen LogP contribution in [0.1, 0.15) is 16.9 Å². The third-order valence-corrected chi connectivity index (χ3v) is 6.12. The number of ether oxygens (including phenoxy) is 2. The zero-order valence-electron chi connectivity index (χ0n) is 18.7. The van der Waals surface area contributed by atoms with Gasteiger partial charge in [0.2, 0.25) is 0 Å². The third-order valence-electron chi connectivity index (χ3n) is 5.47. The molecule has 1 unspecified atom stereocenters. The van der Waals surface area contributed by atoms with Gasteiger partial charge in [0.15, 0.2) is 0 Å². The van der Waals surface area contributed by atoms with Crippen LogP contribution < -0.4 is 10.1 Å². The number of carbonyl (C=O) groups is 2. The molecule has 0 saturated carbocycles. The normalized spacial score (nSPS) is 12.0. The molecular formula is C25H25N3O4S. The molecule has 0 bridgehead atoms. The molecule has 0 radical (unpaired) electrons. The van der Waals surface area contributed by atoms with Crippen LogP contribution in [0.2, 0.25) is 0 Å². The van der Waals surface area contributed by atoms with Crippen LogP contribution in [0.3, 0.4) is 0 Å². The Labute approximate surface area is 195 Å². The lowest BCUT2D eigenvalue weighted by molar-refractivity contribution is -0.142. The third kappa shape index (κ3) is 4.66. The molecule has 7 nitrogen and oxygen atoms in total. The van der Waals surface area contributed by atoms with E-state index in [0.29, 0.717) is 23.6 Å². The standard InChI is InChI=1S/C25H25N3O4S/c1-31-16-8-6-7-15(13-16)22-23-18(17-9-4-5-10-19(17)26-23)14-21(27-22)24(29)28-20(11-12-33-3)25(30)32-2/h4-10,13-14,20,26H,11-12H2,1-3H3,(H,28,29). The smallest absolute Gasteiger partial charge is 0.328 e. The van der Waals surface area contributed by atoms with E-state index in [2.05, 4.69) is 10.3 Å². The lowest BCUT2D eigenvalue weighted by Crippen LogP contribution is -2.42. The summed E-state index contributed by atoms with van der Waals surface area (Å²) in [5, 5.41) is 4.66. The van der Waals surface area contributed by atoms with Gasteiger partial charge >= 0.3 is 5.97 Å². The number of pyridine rings is 1. The molecule has 0 aliphatic rings. The van der Waals surface area contributed by atoms with Crippen molar-refractivity contribution in [3.8, 4) is 17.0 Å². The number of nitrogens with one attached hydrogen (secondary N) is 2. The molecule has 2 aromatic carbocycles. The molecule has 2 aromatic heterocycles. The van der Waals surface area contributed by atoms with Gasteiger partial charge in [0, 0.05) is 21.9 Å². The van der Waals surface area contributed by atoms with Crippen LogP contribution in [0.4, 0.5) is 0 Å². The van der Waals surface area contributed by atoms with Gasteiger partial charge in [-0.25, -0.2) is 9.78 Å². The Morgan fingerprint density at radius 1 is 1.09 bits per heavy atom. The fourth-order valence-corrected chi connectivity index (χ4v) is 4.27. The first-order valence-corrected chi connectivity index (χ1v) is 11.9. The largest absolute Gasteiger partial charge is 0.497 e. The maximum absolute atomic E-state index is 13.2. The molecule has 0 spiro atoms. The number of hydrogen-bond donors (Lipinski definition) is 2. The van der Waals surface area contributed by atoms with Crippen molar-refractivity contribution in [2.45, 2.75) is 12.5 Å². The second kappa shape index (κ2) is 9.95. The van der Waals surface area contributed by atoms with Crippen molar-refractivity contribution in [1.82, 2.24) is 15.3 Å². The molecule has 4 aromatic rings. The minimum absolute atomic E-state index is 0.225. The van der Waals surface area contributed by atoms with Crippen molar-refractivity contribution in [2.75, 3.05) is 26.2 Å². The quantitative estimate of drug-likeness (QED) is 0.376. The van der Waals surface area contributed by atoms with Gasteiger partial charge in [0.25, 0.3) is 5.91 Å². The second-order valence-electron chi connectivity index (χ2n) is 7.51. The Morgan fingerprint density at radius 2 is 1.91 bits per heavy atom. The van der Waals surface area contributed by atoms with Gasteiger partial charge in [0.05, 0.1) is 25.4 Å². The lowest BCUT2D eigenvalue weighted by Gasteiger charge is -2.16. The number of fused-ring (bicyclic) bond motifs is 3. The fourth-order valence-electron chi connectivity index (χ4n) is 3.80. The molecule has 0 saturated heterocycles. The van der Waals surface area contributed by atoms with E-state index in [4.69, 9.17) is 14.5 Å². The summed E-state index contributed by atoms with van der Waals surface area (Å²) in [4.78, 5) is 33.6. The predicted octanol–water partition coefficient (Wildman–Crippen LogP) is 4.42. The minimum atomic E-state index is -0.740. The highest BCUT2D eigenvalue weighted by molar-refractivity contribution is 7.98. The van der Waals surface area contributed by atoms with E-state index in [-0.39, 0.29) is 5.69 Å². The maximum Gasteiger partial charge on any atom is 0.328 e. The molecule has 1 atom stereocenters. The highest BCUT2D eigenvalue weighted by Gasteiger charge is 2.24. The predicted molar refractivity (Wildman–Crippen MR) is 132 cm³/mol. The van der Waals surface area contributed by atoms with E-state index < -0.39 is 17.9 Å². The van der Waals surface area contributed by atoms with Crippen molar-refractivity contribution < 1.29 is 19.1 Å². The lowest BCUT2D eigenvalue weighted by atomic mass is 10.1. The van der Waals surface area contributed by atoms with Crippen molar-refractivity contribution in [3.05, 3.63) is 60.3 Å². The zero-order valence-corrected chi connectivity index (χ0v) is 19.5. The van der Waals surface area contributed by atoms with Gasteiger partial charge in [-0.2, -0.15) is 11.8 Å². The van der Waals surface area contributed by atoms with Crippen LogP contribution in [-0.2, 0) is 9.53 Å². The van der Waals surface area contributed by atoms with E-state index in [1.165, 1.54) is 7.11 Å². The number of rotatable bonds is 8. The highest BCUT2D eigenvalue weighted by Crippen LogP contribution is 2.33. The molecule has 8 heteroatoms. The van der Waals surface area contributed by atoms with Crippen LogP contribution in [-0.4, -0.2) is 54.1 Å². The number of esters is 1. The van der Waals surface area contributed by atoms with E-state index in [9.17, 15) is 9.59 Å². The van der Waals surface area contributed by atoms with Crippen molar-refractivity contribution in [2.24, 2.45) is 0 Å². The molecular weight excluding hydrogens is 438 g/mol. The summed E-state index contributed by atoms with van der Waals surface area (Å²) in [6, 6.07) is 16.5. The molecule has 170 valence electrons. The number of amides is 1. The van der Waals surface area contributed by atoms with Crippen LogP contribution in [0, 0.1) is 0 Å². The van der Waals surface area contributed by atoms with Crippen molar-refractivity contribution in [3.63, 3.8) is 0 Å². The zero-order chi connectivity index (χ0) is 23.4. The number of aromatic amines is 1. The van der Waals surface area contributed by atoms with Gasteiger partial charge in [-0.1, -0.05) is 30.3 Å². The van der Waals surface area contributed by atoms with E-state index in [1.807, 2.05) is 54.8 Å². The van der Waals surface area contributed by atoms with Gasteiger partial charge in [-0.15, -0.1) is 0 Å². The molecule has 0 aliphatic carbocycles. The van der Waals surface area contributed by atoms with Crippen molar-refractivity contribution in [1.29, 1.82) is 0 Å². The Kier molecular flexibility index (Phi) is 6.84. The number of carbonyl (C=O) groups excluding carboxylic acids is 2. The second-order valence-corrected chi connectivity index (χ2v) is 8.50. The van der Waals surface area contributed by atoms with E-state index in [1.54, 1.807) is 24.9 Å².